The molecule has 0 saturated carbocycles. The molecule has 27 heavy (non-hydrogen) atoms. The lowest BCUT2D eigenvalue weighted by molar-refractivity contribution is -0.126. The highest BCUT2D eigenvalue weighted by molar-refractivity contribution is 7.88. The Bertz CT molecular complexity index is 751. The lowest BCUT2D eigenvalue weighted by atomic mass is 9.96. The number of hydrogen-bond acceptors (Lipinski definition) is 3. The van der Waals surface area contributed by atoms with E-state index < -0.39 is 10.0 Å². The Kier molecular flexibility index (Phi) is 7.07. The Hall–Kier alpha value is -1.66. The van der Waals surface area contributed by atoms with Gasteiger partial charge >= 0.3 is 0 Å². The molecule has 0 spiro atoms. The summed E-state index contributed by atoms with van der Waals surface area (Å²) in [4.78, 5) is 12.4. The van der Waals surface area contributed by atoms with E-state index in [1.807, 2.05) is 30.3 Å². The summed E-state index contributed by atoms with van der Waals surface area (Å²) < 4.78 is 26.7. The number of nitrogens with one attached hydrogen (secondary N) is 1. The van der Waals surface area contributed by atoms with Crippen molar-refractivity contribution < 1.29 is 13.2 Å². The molecule has 1 aliphatic heterocycles. The first-order valence-corrected chi connectivity index (χ1v) is 11.6. The third-order valence-electron chi connectivity index (χ3n) is 5.54. The molecule has 1 heterocycles. The molecule has 5 nitrogen and oxygen atoms in total. The molecule has 148 valence electrons. The van der Waals surface area contributed by atoms with Crippen molar-refractivity contribution in [2.75, 3.05) is 19.6 Å². The number of carbonyl (C=O) groups excluding carboxylic acids is 1. The van der Waals surface area contributed by atoms with Gasteiger partial charge in [-0.25, -0.2) is 12.7 Å². The third-order valence-corrected chi connectivity index (χ3v) is 7.39. The van der Waals surface area contributed by atoms with Crippen LogP contribution in [-0.2, 0) is 20.6 Å². The van der Waals surface area contributed by atoms with E-state index in [1.54, 1.807) is 0 Å². The molecule has 2 aliphatic rings. The van der Waals surface area contributed by atoms with Gasteiger partial charge < -0.3 is 5.32 Å². The van der Waals surface area contributed by atoms with Crippen LogP contribution in [0.3, 0.4) is 0 Å². The summed E-state index contributed by atoms with van der Waals surface area (Å²) >= 11 is 0. The highest BCUT2D eigenvalue weighted by Crippen LogP contribution is 2.22. The summed E-state index contributed by atoms with van der Waals surface area (Å²) in [5, 5.41) is 3.05. The van der Waals surface area contributed by atoms with Crippen LogP contribution in [0.1, 0.15) is 50.5 Å². The van der Waals surface area contributed by atoms with Crippen LogP contribution in [0.15, 0.2) is 42.0 Å². The van der Waals surface area contributed by atoms with Crippen LogP contribution in [0, 0.1) is 5.92 Å². The highest BCUT2D eigenvalue weighted by atomic mass is 32.2. The monoisotopic (exact) mass is 390 g/mol. The van der Waals surface area contributed by atoms with Gasteiger partial charge in [-0.2, -0.15) is 0 Å². The number of hydrogen-bond donors (Lipinski definition) is 1. The Morgan fingerprint density at radius 2 is 1.85 bits per heavy atom. The summed E-state index contributed by atoms with van der Waals surface area (Å²) in [6.07, 6.45) is 9.32. The second kappa shape index (κ2) is 9.51. The minimum Gasteiger partial charge on any atom is -0.356 e. The van der Waals surface area contributed by atoms with Crippen molar-refractivity contribution >= 4 is 15.9 Å². The molecule has 0 unspecified atom stereocenters. The Labute approximate surface area is 162 Å². The number of amides is 1. The van der Waals surface area contributed by atoms with Gasteiger partial charge in [0.05, 0.1) is 5.75 Å². The molecule has 0 bridgehead atoms. The molecule has 1 aromatic rings. The van der Waals surface area contributed by atoms with Crippen LogP contribution in [0.4, 0.5) is 0 Å². The smallest absolute Gasteiger partial charge is 0.223 e. The van der Waals surface area contributed by atoms with Crippen molar-refractivity contribution in [2.24, 2.45) is 5.92 Å². The molecule has 1 aromatic carbocycles. The van der Waals surface area contributed by atoms with Crippen molar-refractivity contribution in [3.8, 4) is 0 Å². The highest BCUT2D eigenvalue weighted by Gasteiger charge is 2.31. The fourth-order valence-corrected chi connectivity index (χ4v) is 5.46. The summed E-state index contributed by atoms with van der Waals surface area (Å²) in [5.74, 6) is 0.0276. The van der Waals surface area contributed by atoms with Crippen molar-refractivity contribution in [3.63, 3.8) is 0 Å². The molecule has 0 aromatic heterocycles. The molecule has 1 aliphatic carbocycles. The number of rotatable bonds is 7. The average Bonchev–Trinajstić information content (AvgIpc) is 2.69. The molecule has 3 rings (SSSR count). The van der Waals surface area contributed by atoms with Gasteiger partial charge in [-0.15, -0.1) is 0 Å². The van der Waals surface area contributed by atoms with Crippen molar-refractivity contribution in [1.29, 1.82) is 0 Å². The Balaban J connectivity index is 1.42. The number of allylic oxidation sites excluding steroid dienone is 1. The number of piperidine rings is 1. The maximum absolute atomic E-state index is 12.6. The largest absolute Gasteiger partial charge is 0.356 e. The molecule has 1 saturated heterocycles. The summed E-state index contributed by atoms with van der Waals surface area (Å²) in [6.45, 7) is 1.55. The van der Waals surface area contributed by atoms with E-state index in [0.717, 1.165) is 18.4 Å². The van der Waals surface area contributed by atoms with E-state index in [2.05, 4.69) is 11.4 Å². The number of sulfonamides is 1. The van der Waals surface area contributed by atoms with E-state index in [4.69, 9.17) is 0 Å². The second-order valence-electron chi connectivity index (χ2n) is 7.56. The van der Waals surface area contributed by atoms with Gasteiger partial charge in [-0.05, 0) is 50.5 Å². The van der Waals surface area contributed by atoms with E-state index in [9.17, 15) is 13.2 Å². The van der Waals surface area contributed by atoms with Gasteiger partial charge in [-0.3, -0.25) is 4.79 Å². The zero-order valence-corrected chi connectivity index (χ0v) is 16.7. The van der Waals surface area contributed by atoms with Gasteiger partial charge in [0.25, 0.3) is 0 Å². The minimum atomic E-state index is -3.32. The maximum atomic E-state index is 12.6. The second-order valence-corrected chi connectivity index (χ2v) is 9.53. The molecule has 1 amide bonds. The van der Waals surface area contributed by atoms with Crippen LogP contribution in [0.5, 0.6) is 0 Å². The van der Waals surface area contributed by atoms with Crippen LogP contribution in [-0.4, -0.2) is 38.3 Å². The first kappa shape index (κ1) is 20.1. The summed E-state index contributed by atoms with van der Waals surface area (Å²) in [7, 11) is -3.32. The molecule has 0 atom stereocenters. The van der Waals surface area contributed by atoms with Crippen LogP contribution in [0.25, 0.3) is 0 Å². The zero-order valence-electron chi connectivity index (χ0n) is 15.9. The standard InChI is InChI=1S/C21H30N2O3S/c24-21(22-14-11-18-7-3-1-4-8-18)20-12-15-23(16-13-20)27(25,26)17-19-9-5-2-6-10-19/h2,5-7,9-10,20H,1,3-4,8,11-17H2,(H,22,24). The van der Waals surface area contributed by atoms with Gasteiger partial charge in [-0.1, -0.05) is 42.0 Å². The van der Waals surface area contributed by atoms with Gasteiger partial charge in [0.15, 0.2) is 0 Å². The molecular weight excluding hydrogens is 360 g/mol. The van der Waals surface area contributed by atoms with Crippen LogP contribution >= 0.6 is 0 Å². The van der Waals surface area contributed by atoms with Crippen molar-refractivity contribution in [2.45, 2.75) is 50.7 Å². The lowest BCUT2D eigenvalue weighted by Crippen LogP contribution is -2.43. The predicted molar refractivity (Wildman–Crippen MR) is 108 cm³/mol. The third kappa shape index (κ3) is 5.91. The van der Waals surface area contributed by atoms with Crippen molar-refractivity contribution in [1.82, 2.24) is 9.62 Å². The summed E-state index contributed by atoms with van der Waals surface area (Å²) in [6, 6.07) is 9.25. The first-order valence-electron chi connectivity index (χ1n) is 10.0. The first-order chi connectivity index (χ1) is 13.0. The number of benzene rings is 1. The predicted octanol–water partition coefficient (Wildman–Crippen LogP) is 3.24. The number of nitrogens with zero attached hydrogens (tertiary/aromatic N) is 1. The Morgan fingerprint density at radius 3 is 2.52 bits per heavy atom. The topological polar surface area (TPSA) is 66.5 Å². The lowest BCUT2D eigenvalue weighted by Gasteiger charge is -2.30. The quantitative estimate of drug-likeness (QED) is 0.727. The fourth-order valence-electron chi connectivity index (χ4n) is 3.89. The SMILES string of the molecule is O=C(NCCC1=CCCCC1)C1CCN(S(=O)(=O)Cc2ccccc2)CC1. The zero-order chi connectivity index (χ0) is 19.1. The minimum absolute atomic E-state index is 0.0276. The van der Waals surface area contributed by atoms with Crippen molar-refractivity contribution in [3.05, 3.63) is 47.5 Å². The van der Waals surface area contributed by atoms with E-state index in [0.29, 0.717) is 32.5 Å². The average molecular weight is 391 g/mol. The molecule has 6 heteroatoms. The van der Waals surface area contributed by atoms with E-state index in [1.165, 1.54) is 29.1 Å². The normalized spacial score (nSPS) is 19.5. The maximum Gasteiger partial charge on any atom is 0.223 e. The molecule has 1 N–H and O–H groups in total. The van der Waals surface area contributed by atoms with Crippen LogP contribution in [0.2, 0.25) is 0 Å². The fraction of sp³-hybridized carbons (Fsp3) is 0.571. The van der Waals surface area contributed by atoms with Crippen LogP contribution < -0.4 is 5.32 Å². The summed E-state index contributed by atoms with van der Waals surface area (Å²) in [5.41, 5.74) is 2.26. The van der Waals surface area contributed by atoms with Gasteiger partial charge in [0, 0.05) is 25.6 Å². The molecular formula is C21H30N2O3S. The molecule has 1 fully saturated rings. The van der Waals surface area contributed by atoms with Gasteiger partial charge in [0.2, 0.25) is 15.9 Å². The number of carbonyl (C=O) groups is 1. The van der Waals surface area contributed by atoms with E-state index >= 15 is 0 Å². The van der Waals surface area contributed by atoms with Gasteiger partial charge in [0.1, 0.15) is 0 Å². The Morgan fingerprint density at radius 1 is 1.11 bits per heavy atom. The van der Waals surface area contributed by atoms with E-state index in [-0.39, 0.29) is 17.6 Å². The molecule has 0 radical (unpaired) electrons.